The lowest BCUT2D eigenvalue weighted by Crippen LogP contribution is -2.37. The van der Waals surface area contributed by atoms with E-state index in [0.717, 1.165) is 34.3 Å². The average molecular weight is 432 g/mol. The highest BCUT2D eigenvalue weighted by molar-refractivity contribution is 5.94. The monoisotopic (exact) mass is 432 g/mol. The van der Waals surface area contributed by atoms with E-state index >= 15 is 0 Å². The summed E-state index contributed by atoms with van der Waals surface area (Å²) in [6.45, 7) is 0.515. The zero-order valence-corrected chi connectivity index (χ0v) is 17.0. The minimum Gasteiger partial charge on any atom is -0.365 e. The van der Waals surface area contributed by atoms with Crippen LogP contribution in [0.3, 0.4) is 0 Å². The van der Waals surface area contributed by atoms with E-state index in [1.165, 1.54) is 0 Å². The Morgan fingerprint density at radius 2 is 1.88 bits per heavy atom. The quantitative estimate of drug-likeness (QED) is 0.509. The van der Waals surface area contributed by atoms with E-state index in [9.17, 15) is 13.6 Å². The number of nitrogens with two attached hydrogens (primary N) is 1. The molecule has 0 saturated carbocycles. The molecule has 160 valence electrons. The van der Waals surface area contributed by atoms with Gasteiger partial charge in [-0.2, -0.15) is 0 Å². The fourth-order valence-corrected chi connectivity index (χ4v) is 3.80. The molecule has 0 fully saturated rings. The normalized spacial score (nSPS) is 13.3. The van der Waals surface area contributed by atoms with Gasteiger partial charge in [-0.25, -0.2) is 13.8 Å². The summed E-state index contributed by atoms with van der Waals surface area (Å²) in [7, 11) is 1.85. The summed E-state index contributed by atoms with van der Waals surface area (Å²) >= 11 is 0. The number of benzene rings is 2. The molecule has 0 saturated heterocycles. The van der Waals surface area contributed by atoms with Gasteiger partial charge in [-0.3, -0.25) is 20.2 Å². The number of hydrogen-bond acceptors (Lipinski definition) is 6. The first-order valence-corrected chi connectivity index (χ1v) is 9.82. The van der Waals surface area contributed by atoms with Crippen LogP contribution in [-0.4, -0.2) is 28.0 Å². The number of rotatable bonds is 4. The summed E-state index contributed by atoms with van der Waals surface area (Å²) in [6.07, 6.45) is 1.75. The second-order valence-electron chi connectivity index (χ2n) is 7.47. The van der Waals surface area contributed by atoms with Crippen LogP contribution in [0, 0.1) is 11.6 Å². The van der Waals surface area contributed by atoms with Gasteiger partial charge in [0.05, 0.1) is 23.4 Å². The van der Waals surface area contributed by atoms with Crippen LogP contribution in [-0.2, 0) is 6.54 Å². The third-order valence-corrected chi connectivity index (χ3v) is 5.35. The van der Waals surface area contributed by atoms with Gasteiger partial charge in [0, 0.05) is 24.2 Å². The summed E-state index contributed by atoms with van der Waals surface area (Å²) in [5.41, 5.74) is 10.8. The molecule has 9 heteroatoms. The summed E-state index contributed by atoms with van der Waals surface area (Å²) < 4.78 is 28.5. The lowest BCUT2D eigenvalue weighted by atomic mass is 10.1. The van der Waals surface area contributed by atoms with Crippen LogP contribution in [0.25, 0.3) is 22.2 Å². The van der Waals surface area contributed by atoms with Crippen LogP contribution in [0.2, 0.25) is 0 Å². The molecule has 5 rings (SSSR count). The number of pyridine rings is 2. The molecule has 0 atom stereocenters. The lowest BCUT2D eigenvalue weighted by Gasteiger charge is -2.25. The number of primary amides is 1. The van der Waals surface area contributed by atoms with Gasteiger partial charge >= 0.3 is 0 Å². The maximum atomic E-state index is 14.3. The molecule has 2 aromatic carbocycles. The Bertz CT molecular complexity index is 1350. The molecule has 2 aromatic heterocycles. The summed E-state index contributed by atoms with van der Waals surface area (Å²) in [5.74, 6) is -2.59. The summed E-state index contributed by atoms with van der Waals surface area (Å²) in [4.78, 5) is 20.3. The molecule has 0 aliphatic carbocycles. The minimum atomic E-state index is -1.16. The number of carbonyl (C=O) groups is 1. The Kier molecular flexibility index (Phi) is 4.67. The largest absolute Gasteiger partial charge is 0.365 e. The van der Waals surface area contributed by atoms with Crippen molar-refractivity contribution in [1.29, 1.82) is 0 Å². The third kappa shape index (κ3) is 3.38. The average Bonchev–Trinajstić information content (AvgIpc) is 3.07. The van der Waals surface area contributed by atoms with Gasteiger partial charge in [0.25, 0.3) is 5.91 Å². The van der Waals surface area contributed by atoms with Crippen molar-refractivity contribution in [1.82, 2.24) is 15.1 Å². The number of hydrogen-bond donors (Lipinski definition) is 2. The Balaban J connectivity index is 1.50. The molecule has 1 amide bonds. The number of carbonyl (C=O) groups excluding carboxylic acids is 1. The van der Waals surface area contributed by atoms with E-state index in [1.807, 2.05) is 36.3 Å². The number of nitrogens with zero attached hydrogens (tertiary/aromatic N) is 4. The fraction of sp³-hybridized carbons (Fsp3) is 0.0870. The first kappa shape index (κ1) is 19.8. The number of fused-ring (bicyclic) bond motifs is 2. The minimum absolute atomic E-state index is 0.207. The number of anilines is 2. The lowest BCUT2D eigenvalue weighted by molar-refractivity contribution is 0.0992. The van der Waals surface area contributed by atoms with E-state index in [-0.39, 0.29) is 5.56 Å². The van der Waals surface area contributed by atoms with Crippen molar-refractivity contribution in [2.75, 3.05) is 17.5 Å². The van der Waals surface area contributed by atoms with Crippen LogP contribution < -0.4 is 16.2 Å². The van der Waals surface area contributed by atoms with Gasteiger partial charge in [-0.05, 0) is 48.0 Å². The molecule has 0 bridgehead atoms. The van der Waals surface area contributed by atoms with Crippen molar-refractivity contribution in [3.63, 3.8) is 0 Å². The highest BCUT2D eigenvalue weighted by Crippen LogP contribution is 2.35. The summed E-state index contributed by atoms with van der Waals surface area (Å²) in [5, 5.41) is 4.75. The number of amides is 1. The fourth-order valence-electron chi connectivity index (χ4n) is 3.80. The van der Waals surface area contributed by atoms with Crippen LogP contribution in [0.15, 0.2) is 60.8 Å². The maximum absolute atomic E-state index is 14.3. The van der Waals surface area contributed by atoms with Crippen LogP contribution >= 0.6 is 0 Å². The highest BCUT2D eigenvalue weighted by atomic mass is 19.1. The van der Waals surface area contributed by atoms with Crippen molar-refractivity contribution in [3.05, 3.63) is 83.6 Å². The van der Waals surface area contributed by atoms with Gasteiger partial charge in [0.1, 0.15) is 17.2 Å². The molecule has 0 spiro atoms. The molecule has 32 heavy (non-hydrogen) atoms. The van der Waals surface area contributed by atoms with Crippen LogP contribution in [0.5, 0.6) is 0 Å². The topological polar surface area (TPSA) is 87.4 Å². The maximum Gasteiger partial charge on any atom is 0.254 e. The molecular formula is C23H18F2N6O. The standard InChI is InChI=1S/C23H18F2N6O/c1-30-29-20-7-6-19(15-10-16(24)21(22(26)32)17(25)11-15)28-23(20)31(30)12-13-4-5-18-14(9-13)3-2-8-27-18/h2-11,29H,12H2,1H3,(H2,26,32). The van der Waals surface area contributed by atoms with Gasteiger partial charge in [0.2, 0.25) is 0 Å². The van der Waals surface area contributed by atoms with Crippen LogP contribution in [0.4, 0.5) is 20.3 Å². The molecule has 4 aromatic rings. The van der Waals surface area contributed by atoms with Crippen molar-refractivity contribution < 1.29 is 13.6 Å². The van der Waals surface area contributed by atoms with Crippen molar-refractivity contribution in [3.8, 4) is 11.3 Å². The van der Waals surface area contributed by atoms with E-state index < -0.39 is 23.1 Å². The van der Waals surface area contributed by atoms with Gasteiger partial charge < -0.3 is 5.73 Å². The van der Waals surface area contributed by atoms with Gasteiger partial charge in [0.15, 0.2) is 5.82 Å². The van der Waals surface area contributed by atoms with Crippen molar-refractivity contribution in [2.24, 2.45) is 5.73 Å². The van der Waals surface area contributed by atoms with Crippen molar-refractivity contribution >= 4 is 28.3 Å². The molecule has 3 heterocycles. The predicted octanol–water partition coefficient (Wildman–Crippen LogP) is 3.87. The molecule has 0 radical (unpaired) electrons. The first-order valence-electron chi connectivity index (χ1n) is 9.82. The second-order valence-corrected chi connectivity index (χ2v) is 7.47. The first-order chi connectivity index (χ1) is 15.4. The third-order valence-electron chi connectivity index (χ3n) is 5.35. The molecule has 3 N–H and O–H groups in total. The number of halogens is 2. The van der Waals surface area contributed by atoms with E-state index in [4.69, 9.17) is 5.73 Å². The Labute approximate surface area is 182 Å². The molecule has 1 aliphatic heterocycles. The molecule has 7 nitrogen and oxygen atoms in total. The van der Waals surface area contributed by atoms with E-state index in [1.54, 1.807) is 23.4 Å². The number of nitrogens with one attached hydrogen (secondary N) is 1. The molecular weight excluding hydrogens is 414 g/mol. The highest BCUT2D eigenvalue weighted by Gasteiger charge is 2.27. The molecule has 1 aliphatic rings. The van der Waals surface area contributed by atoms with Gasteiger partial charge in [-0.1, -0.05) is 12.1 Å². The SMILES string of the molecule is CN1Nc2ccc(-c3cc(F)c(C(N)=O)c(F)c3)nc2N1Cc1ccc2ncccc2c1. The Morgan fingerprint density at radius 3 is 2.62 bits per heavy atom. The zero-order chi connectivity index (χ0) is 22.4. The Hall–Kier alpha value is -4.11. The number of hydrazine groups is 2. The Morgan fingerprint density at radius 1 is 1.09 bits per heavy atom. The van der Waals surface area contributed by atoms with Crippen LogP contribution in [0.1, 0.15) is 15.9 Å². The zero-order valence-electron chi connectivity index (χ0n) is 17.0. The predicted molar refractivity (Wildman–Crippen MR) is 117 cm³/mol. The second kappa shape index (κ2) is 7.54. The van der Waals surface area contributed by atoms with E-state index in [0.29, 0.717) is 18.1 Å². The van der Waals surface area contributed by atoms with E-state index in [2.05, 4.69) is 21.5 Å². The van der Waals surface area contributed by atoms with Gasteiger partial charge in [-0.15, -0.1) is 5.12 Å². The summed E-state index contributed by atoms with van der Waals surface area (Å²) in [6, 6.07) is 15.5. The smallest absolute Gasteiger partial charge is 0.254 e. The van der Waals surface area contributed by atoms with Crippen molar-refractivity contribution in [2.45, 2.75) is 6.54 Å². The number of aromatic nitrogens is 2. The molecule has 0 unspecified atom stereocenters.